The molecular weight excluding hydrogens is 372 g/mol. The van der Waals surface area contributed by atoms with E-state index in [4.69, 9.17) is 0 Å². The molecule has 2 aromatic rings. The molecule has 0 bridgehead atoms. The largest absolute Gasteiger partial charge is 0.352 e. The first-order chi connectivity index (χ1) is 13.4. The Balaban J connectivity index is 1.81. The third-order valence-corrected chi connectivity index (χ3v) is 7.11. The van der Waals surface area contributed by atoms with Crippen molar-refractivity contribution in [2.24, 2.45) is 5.92 Å². The van der Waals surface area contributed by atoms with Crippen LogP contribution in [0, 0.1) is 12.8 Å². The lowest BCUT2D eigenvalue weighted by atomic mass is 9.87. The molecule has 2 aromatic carbocycles. The summed E-state index contributed by atoms with van der Waals surface area (Å²) in [5.41, 5.74) is 1.46. The van der Waals surface area contributed by atoms with Gasteiger partial charge in [-0.05, 0) is 62.8 Å². The fraction of sp³-hybridized carbons (Fsp3) is 0.409. The average Bonchev–Trinajstić information content (AvgIpc) is 2.69. The predicted octanol–water partition coefficient (Wildman–Crippen LogP) is 3.89. The molecule has 0 aromatic heterocycles. The fourth-order valence-electron chi connectivity index (χ4n) is 3.55. The number of nitrogens with one attached hydrogen (secondary N) is 1. The zero-order chi connectivity index (χ0) is 20.1. The highest BCUT2D eigenvalue weighted by Crippen LogP contribution is 2.25. The van der Waals surface area contributed by atoms with Crippen molar-refractivity contribution in [3.63, 3.8) is 0 Å². The second kappa shape index (κ2) is 8.78. The number of aryl methyl sites for hydroxylation is 1. The molecule has 1 aliphatic carbocycles. The number of amides is 1. The number of benzene rings is 2. The maximum atomic E-state index is 13.3. The molecule has 0 unspecified atom stereocenters. The van der Waals surface area contributed by atoms with Crippen molar-refractivity contribution in [1.82, 2.24) is 5.32 Å². The van der Waals surface area contributed by atoms with Gasteiger partial charge in [0.15, 0.2) is 0 Å². The van der Waals surface area contributed by atoms with E-state index in [1.165, 1.54) is 4.31 Å². The number of rotatable bonds is 6. The van der Waals surface area contributed by atoms with Crippen LogP contribution in [0.25, 0.3) is 0 Å². The Labute approximate surface area is 167 Å². The molecule has 0 saturated heterocycles. The molecule has 1 saturated carbocycles. The van der Waals surface area contributed by atoms with Crippen molar-refractivity contribution in [1.29, 1.82) is 0 Å². The molecule has 0 radical (unpaired) electrons. The number of carbonyl (C=O) groups is 1. The average molecular weight is 401 g/mol. The van der Waals surface area contributed by atoms with Crippen LogP contribution in [-0.4, -0.2) is 26.9 Å². The number of hydrogen-bond acceptors (Lipinski definition) is 3. The van der Waals surface area contributed by atoms with Crippen molar-refractivity contribution >= 4 is 21.6 Å². The third kappa shape index (κ3) is 4.93. The molecule has 6 heteroatoms. The number of hydrogen-bond donors (Lipinski definition) is 1. The zero-order valence-electron chi connectivity index (χ0n) is 16.5. The minimum atomic E-state index is -3.84. The van der Waals surface area contributed by atoms with Gasteiger partial charge in [0.25, 0.3) is 10.0 Å². The molecule has 5 nitrogen and oxygen atoms in total. The van der Waals surface area contributed by atoms with Gasteiger partial charge in [0.2, 0.25) is 5.91 Å². The summed E-state index contributed by atoms with van der Waals surface area (Å²) >= 11 is 0. The van der Waals surface area contributed by atoms with Crippen LogP contribution in [0.4, 0.5) is 5.69 Å². The van der Waals surface area contributed by atoms with Gasteiger partial charge in [-0.15, -0.1) is 0 Å². The van der Waals surface area contributed by atoms with Gasteiger partial charge in [0, 0.05) is 6.04 Å². The van der Waals surface area contributed by atoms with E-state index in [9.17, 15) is 13.2 Å². The number of sulfonamides is 1. The minimum absolute atomic E-state index is 0.128. The molecule has 1 aliphatic rings. The predicted molar refractivity (Wildman–Crippen MR) is 112 cm³/mol. The van der Waals surface area contributed by atoms with E-state index >= 15 is 0 Å². The van der Waals surface area contributed by atoms with Crippen LogP contribution in [-0.2, 0) is 14.8 Å². The zero-order valence-corrected chi connectivity index (χ0v) is 17.3. The van der Waals surface area contributed by atoms with Crippen molar-refractivity contribution in [3.05, 3.63) is 60.2 Å². The van der Waals surface area contributed by atoms with E-state index < -0.39 is 10.0 Å². The van der Waals surface area contributed by atoms with E-state index in [-0.39, 0.29) is 23.4 Å². The van der Waals surface area contributed by atoms with Crippen molar-refractivity contribution in [2.45, 2.75) is 50.5 Å². The summed E-state index contributed by atoms with van der Waals surface area (Å²) in [4.78, 5) is 12.9. The normalized spacial score (nSPS) is 19.8. The maximum absolute atomic E-state index is 13.3. The van der Waals surface area contributed by atoms with Crippen LogP contribution in [0.1, 0.15) is 38.2 Å². The SMILES string of the molecule is Cc1ccc(S(=O)(=O)N(CC(=O)NC2CCC(C)CC2)c2ccccc2)cc1. The van der Waals surface area contributed by atoms with Crippen LogP contribution in [0.3, 0.4) is 0 Å². The minimum Gasteiger partial charge on any atom is -0.352 e. The van der Waals surface area contributed by atoms with Crippen LogP contribution in [0.2, 0.25) is 0 Å². The molecule has 150 valence electrons. The maximum Gasteiger partial charge on any atom is 0.264 e. The van der Waals surface area contributed by atoms with Crippen molar-refractivity contribution in [2.75, 3.05) is 10.8 Å². The molecule has 0 heterocycles. The molecular formula is C22H28N2O3S. The highest BCUT2D eigenvalue weighted by atomic mass is 32.2. The van der Waals surface area contributed by atoms with Gasteiger partial charge in [-0.25, -0.2) is 8.42 Å². The van der Waals surface area contributed by atoms with E-state index in [2.05, 4.69) is 12.2 Å². The second-order valence-corrected chi connectivity index (χ2v) is 9.55. The first kappa shape index (κ1) is 20.4. The molecule has 0 aliphatic heterocycles. The highest BCUT2D eigenvalue weighted by molar-refractivity contribution is 7.92. The van der Waals surface area contributed by atoms with Crippen molar-refractivity contribution in [3.8, 4) is 0 Å². The van der Waals surface area contributed by atoms with E-state index in [0.717, 1.165) is 31.2 Å². The Kier molecular flexibility index (Phi) is 6.39. The number of anilines is 1. The van der Waals surface area contributed by atoms with Crippen LogP contribution in [0.15, 0.2) is 59.5 Å². The summed E-state index contributed by atoms with van der Waals surface area (Å²) in [6.45, 7) is 3.90. The van der Waals surface area contributed by atoms with Gasteiger partial charge in [0.1, 0.15) is 6.54 Å². The second-order valence-electron chi connectivity index (χ2n) is 7.68. The van der Waals surface area contributed by atoms with Crippen LogP contribution < -0.4 is 9.62 Å². The third-order valence-electron chi connectivity index (χ3n) is 5.32. The standard InChI is InChI=1S/C22H28N2O3S/c1-17-8-12-19(13-9-17)23-22(25)16-24(20-6-4-3-5-7-20)28(26,27)21-14-10-18(2)11-15-21/h3-7,10-11,14-15,17,19H,8-9,12-13,16H2,1-2H3,(H,23,25). The molecule has 0 spiro atoms. The van der Waals surface area contributed by atoms with Gasteiger partial charge in [0.05, 0.1) is 10.6 Å². The lowest BCUT2D eigenvalue weighted by Crippen LogP contribution is -2.45. The molecule has 0 atom stereocenters. The fourth-order valence-corrected chi connectivity index (χ4v) is 4.98. The van der Waals surface area contributed by atoms with Gasteiger partial charge in [-0.2, -0.15) is 0 Å². The smallest absolute Gasteiger partial charge is 0.264 e. The monoisotopic (exact) mass is 400 g/mol. The molecule has 1 amide bonds. The number of para-hydroxylation sites is 1. The highest BCUT2D eigenvalue weighted by Gasteiger charge is 2.28. The van der Waals surface area contributed by atoms with Gasteiger partial charge in [-0.3, -0.25) is 9.10 Å². The summed E-state index contributed by atoms with van der Waals surface area (Å²) in [6.07, 6.45) is 4.08. The Morgan fingerprint density at radius 1 is 1.00 bits per heavy atom. The van der Waals surface area contributed by atoms with Crippen LogP contribution >= 0.6 is 0 Å². The van der Waals surface area contributed by atoms with Gasteiger partial charge >= 0.3 is 0 Å². The van der Waals surface area contributed by atoms with E-state index in [0.29, 0.717) is 11.6 Å². The van der Waals surface area contributed by atoms with Gasteiger partial charge in [-0.1, -0.05) is 42.8 Å². The van der Waals surface area contributed by atoms with E-state index in [1.807, 2.05) is 13.0 Å². The van der Waals surface area contributed by atoms with E-state index in [1.54, 1.807) is 48.5 Å². The Hall–Kier alpha value is -2.34. The topological polar surface area (TPSA) is 66.5 Å². The van der Waals surface area contributed by atoms with Crippen LogP contribution in [0.5, 0.6) is 0 Å². The summed E-state index contributed by atoms with van der Waals surface area (Å²) in [5.74, 6) is 0.426. The summed E-state index contributed by atoms with van der Waals surface area (Å²) in [6, 6.07) is 15.6. The Morgan fingerprint density at radius 2 is 1.61 bits per heavy atom. The quantitative estimate of drug-likeness (QED) is 0.800. The van der Waals surface area contributed by atoms with Gasteiger partial charge < -0.3 is 5.32 Å². The first-order valence-corrected chi connectivity index (χ1v) is 11.2. The summed E-state index contributed by atoms with van der Waals surface area (Å²) in [5, 5.41) is 3.03. The summed E-state index contributed by atoms with van der Waals surface area (Å²) < 4.78 is 27.7. The first-order valence-electron chi connectivity index (χ1n) is 9.80. The molecule has 3 rings (SSSR count). The Morgan fingerprint density at radius 3 is 2.21 bits per heavy atom. The molecule has 1 fully saturated rings. The lowest BCUT2D eigenvalue weighted by Gasteiger charge is -2.29. The Bertz CT molecular complexity index is 887. The number of carbonyl (C=O) groups excluding carboxylic acids is 1. The summed E-state index contributed by atoms with van der Waals surface area (Å²) in [7, 11) is -3.84. The molecule has 1 N–H and O–H groups in total. The number of nitrogens with zero attached hydrogens (tertiary/aromatic N) is 1. The lowest BCUT2D eigenvalue weighted by molar-refractivity contribution is -0.120. The molecule has 28 heavy (non-hydrogen) atoms. The van der Waals surface area contributed by atoms with Crippen molar-refractivity contribution < 1.29 is 13.2 Å².